The Morgan fingerprint density at radius 2 is 2.11 bits per heavy atom. The minimum Gasteiger partial charge on any atom is -0.285 e. The molecule has 6 heteroatoms. The highest BCUT2D eigenvalue weighted by Gasteiger charge is 2.22. The van der Waals surface area contributed by atoms with Crippen LogP contribution in [0.3, 0.4) is 0 Å². The van der Waals surface area contributed by atoms with E-state index >= 15 is 0 Å². The maximum Gasteiger partial charge on any atom is 0.230 e. The largest absolute Gasteiger partial charge is 0.285 e. The third kappa shape index (κ3) is 2.63. The molecule has 0 bridgehead atoms. The van der Waals surface area contributed by atoms with Gasteiger partial charge in [-0.1, -0.05) is 6.92 Å². The first-order valence-corrected chi connectivity index (χ1v) is 7.18. The summed E-state index contributed by atoms with van der Waals surface area (Å²) < 4.78 is 4.20. The molecule has 0 unspecified atom stereocenters. The van der Waals surface area contributed by atoms with Crippen molar-refractivity contribution in [1.29, 1.82) is 0 Å². The first kappa shape index (κ1) is 14.0. The fourth-order valence-electron chi connectivity index (χ4n) is 2.06. The van der Waals surface area contributed by atoms with E-state index < -0.39 is 0 Å². The van der Waals surface area contributed by atoms with Crippen LogP contribution in [0.1, 0.15) is 42.1 Å². The average Bonchev–Trinajstić information content (AvgIpc) is 2.93. The Balaban J connectivity index is 2.46. The van der Waals surface area contributed by atoms with Crippen molar-refractivity contribution in [2.45, 2.75) is 40.3 Å². The Bertz CT molecular complexity index is 600. The molecule has 0 atom stereocenters. The van der Waals surface area contributed by atoms with Crippen LogP contribution in [-0.2, 0) is 13.1 Å². The second kappa shape index (κ2) is 5.69. The highest BCUT2D eigenvalue weighted by Crippen LogP contribution is 2.20. The van der Waals surface area contributed by atoms with Crippen molar-refractivity contribution in [2.75, 3.05) is 0 Å². The van der Waals surface area contributed by atoms with Gasteiger partial charge in [-0.25, -0.2) is 0 Å². The van der Waals surface area contributed by atoms with Gasteiger partial charge >= 0.3 is 0 Å². The van der Waals surface area contributed by atoms with Crippen molar-refractivity contribution in [1.82, 2.24) is 19.6 Å². The molecule has 0 N–H and O–H groups in total. The normalized spacial score (nSPS) is 10.9. The summed E-state index contributed by atoms with van der Waals surface area (Å²) in [5.74, 6) is -0.0414. The van der Waals surface area contributed by atoms with Gasteiger partial charge in [0, 0.05) is 13.1 Å². The number of halogens is 1. The van der Waals surface area contributed by atoms with Gasteiger partial charge in [-0.05, 0) is 42.3 Å². The maximum atomic E-state index is 12.7. The third-order valence-electron chi connectivity index (χ3n) is 2.88. The number of hydrogen-bond donors (Lipinski definition) is 0. The SMILES string of the molecule is CCCn1ncc(Br)c1C(=O)c1cc(C)nn1CC. The van der Waals surface area contributed by atoms with Crippen LogP contribution in [0.4, 0.5) is 0 Å². The molecule has 2 heterocycles. The molecular weight excluding hydrogens is 308 g/mol. The van der Waals surface area contributed by atoms with Crippen LogP contribution in [0.2, 0.25) is 0 Å². The lowest BCUT2D eigenvalue weighted by Gasteiger charge is -2.07. The first-order valence-electron chi connectivity index (χ1n) is 6.38. The van der Waals surface area contributed by atoms with Gasteiger partial charge in [-0.3, -0.25) is 14.2 Å². The predicted octanol–water partition coefficient (Wildman–Crippen LogP) is 2.81. The van der Waals surface area contributed by atoms with Gasteiger partial charge in [-0.15, -0.1) is 0 Å². The summed E-state index contributed by atoms with van der Waals surface area (Å²) in [4.78, 5) is 12.7. The number of ketones is 1. The van der Waals surface area contributed by atoms with Crippen LogP contribution >= 0.6 is 15.9 Å². The molecule has 0 spiro atoms. The second-order valence-electron chi connectivity index (χ2n) is 4.38. The molecule has 5 nitrogen and oxygen atoms in total. The van der Waals surface area contributed by atoms with Gasteiger partial charge in [0.2, 0.25) is 5.78 Å². The predicted molar refractivity (Wildman–Crippen MR) is 76.3 cm³/mol. The molecule has 0 fully saturated rings. The Kier molecular flexibility index (Phi) is 4.19. The van der Waals surface area contributed by atoms with Crippen molar-refractivity contribution in [3.8, 4) is 0 Å². The van der Waals surface area contributed by atoms with Gasteiger partial charge in [-0.2, -0.15) is 10.2 Å². The average molecular weight is 325 g/mol. The number of carbonyl (C=O) groups is 1. The fourth-order valence-corrected chi connectivity index (χ4v) is 2.54. The van der Waals surface area contributed by atoms with Crippen molar-refractivity contribution in [2.24, 2.45) is 0 Å². The quantitative estimate of drug-likeness (QED) is 0.795. The molecule has 0 aromatic carbocycles. The zero-order valence-corrected chi connectivity index (χ0v) is 12.9. The Morgan fingerprint density at radius 1 is 1.37 bits per heavy atom. The van der Waals surface area contributed by atoms with E-state index in [0.717, 1.165) is 23.1 Å². The standard InChI is InChI=1S/C13H17BrN4O/c1-4-6-18-12(10(14)8-15-18)13(19)11-7-9(3)16-17(11)5-2/h7-8H,4-6H2,1-3H3. The molecule has 102 valence electrons. The van der Waals surface area contributed by atoms with E-state index in [2.05, 4.69) is 33.1 Å². The summed E-state index contributed by atoms with van der Waals surface area (Å²) >= 11 is 3.40. The fraction of sp³-hybridized carbons (Fsp3) is 0.462. The van der Waals surface area contributed by atoms with Gasteiger partial charge < -0.3 is 0 Å². The van der Waals surface area contributed by atoms with E-state index in [1.807, 2.05) is 19.9 Å². The Labute approximate surface area is 120 Å². The lowest BCUT2D eigenvalue weighted by molar-refractivity contribution is 0.101. The summed E-state index contributed by atoms with van der Waals surface area (Å²) in [6.07, 6.45) is 2.60. The van der Waals surface area contributed by atoms with Gasteiger partial charge in [0.1, 0.15) is 11.4 Å². The summed E-state index contributed by atoms with van der Waals surface area (Å²) in [6, 6.07) is 1.82. The Hall–Kier alpha value is -1.43. The van der Waals surface area contributed by atoms with Crippen LogP contribution in [-0.4, -0.2) is 25.3 Å². The molecule has 2 rings (SSSR count). The smallest absolute Gasteiger partial charge is 0.230 e. The van der Waals surface area contributed by atoms with E-state index in [4.69, 9.17) is 0 Å². The number of nitrogens with zero attached hydrogens (tertiary/aromatic N) is 4. The molecule has 0 aliphatic heterocycles. The van der Waals surface area contributed by atoms with E-state index in [0.29, 0.717) is 17.9 Å². The number of carbonyl (C=O) groups excluding carboxylic acids is 1. The van der Waals surface area contributed by atoms with E-state index in [1.54, 1.807) is 15.6 Å². The second-order valence-corrected chi connectivity index (χ2v) is 5.23. The molecule has 0 saturated carbocycles. The van der Waals surface area contributed by atoms with Crippen molar-refractivity contribution < 1.29 is 4.79 Å². The Morgan fingerprint density at radius 3 is 2.74 bits per heavy atom. The van der Waals surface area contributed by atoms with Crippen LogP contribution in [0.5, 0.6) is 0 Å². The van der Waals surface area contributed by atoms with Crippen LogP contribution < -0.4 is 0 Å². The molecule has 2 aromatic rings. The molecular formula is C13H17BrN4O. The summed E-state index contributed by atoms with van der Waals surface area (Å²) in [5, 5.41) is 8.55. The monoisotopic (exact) mass is 324 g/mol. The molecule has 0 amide bonds. The number of aromatic nitrogens is 4. The molecule has 0 aliphatic rings. The van der Waals surface area contributed by atoms with Crippen LogP contribution in [0, 0.1) is 6.92 Å². The van der Waals surface area contributed by atoms with E-state index in [1.165, 1.54) is 0 Å². The highest BCUT2D eigenvalue weighted by molar-refractivity contribution is 9.10. The van der Waals surface area contributed by atoms with Gasteiger partial charge in [0.25, 0.3) is 0 Å². The van der Waals surface area contributed by atoms with Crippen molar-refractivity contribution >= 4 is 21.7 Å². The van der Waals surface area contributed by atoms with Crippen molar-refractivity contribution in [3.63, 3.8) is 0 Å². The molecule has 2 aromatic heterocycles. The number of rotatable bonds is 5. The van der Waals surface area contributed by atoms with Crippen LogP contribution in [0.15, 0.2) is 16.7 Å². The minimum atomic E-state index is -0.0414. The number of hydrogen-bond acceptors (Lipinski definition) is 3. The lowest BCUT2D eigenvalue weighted by atomic mass is 10.2. The maximum absolute atomic E-state index is 12.7. The zero-order valence-electron chi connectivity index (χ0n) is 11.4. The molecule has 0 saturated heterocycles. The molecule has 0 aliphatic carbocycles. The van der Waals surface area contributed by atoms with Crippen molar-refractivity contribution in [3.05, 3.63) is 33.8 Å². The zero-order chi connectivity index (χ0) is 14.0. The summed E-state index contributed by atoms with van der Waals surface area (Å²) in [6.45, 7) is 7.33. The third-order valence-corrected chi connectivity index (χ3v) is 3.46. The minimum absolute atomic E-state index is 0.0414. The van der Waals surface area contributed by atoms with Crippen LogP contribution in [0.25, 0.3) is 0 Å². The number of aryl methyl sites for hydroxylation is 3. The molecule has 0 radical (unpaired) electrons. The van der Waals surface area contributed by atoms with E-state index in [-0.39, 0.29) is 5.78 Å². The lowest BCUT2D eigenvalue weighted by Crippen LogP contribution is -2.16. The summed E-state index contributed by atoms with van der Waals surface area (Å²) in [5.41, 5.74) is 2.05. The van der Waals surface area contributed by atoms with Gasteiger partial charge in [0.05, 0.1) is 16.4 Å². The topological polar surface area (TPSA) is 52.7 Å². The highest BCUT2D eigenvalue weighted by atomic mass is 79.9. The van der Waals surface area contributed by atoms with E-state index in [9.17, 15) is 4.79 Å². The van der Waals surface area contributed by atoms with Gasteiger partial charge in [0.15, 0.2) is 0 Å². The summed E-state index contributed by atoms with van der Waals surface area (Å²) in [7, 11) is 0. The molecule has 19 heavy (non-hydrogen) atoms. The first-order chi connectivity index (χ1) is 9.08.